The van der Waals surface area contributed by atoms with Crippen molar-refractivity contribution >= 4 is 34.5 Å². The van der Waals surface area contributed by atoms with E-state index in [1.807, 2.05) is 55.5 Å². The van der Waals surface area contributed by atoms with Gasteiger partial charge in [-0.3, -0.25) is 14.2 Å². The highest BCUT2D eigenvalue weighted by atomic mass is 32.1. The van der Waals surface area contributed by atoms with E-state index in [1.165, 1.54) is 11.3 Å². The van der Waals surface area contributed by atoms with Crippen LogP contribution in [0.25, 0.3) is 5.57 Å². The Morgan fingerprint density at radius 2 is 1.74 bits per heavy atom. The molecule has 8 heteroatoms. The van der Waals surface area contributed by atoms with E-state index in [4.69, 9.17) is 4.74 Å². The van der Waals surface area contributed by atoms with Crippen molar-refractivity contribution in [3.05, 3.63) is 96.2 Å². The van der Waals surface area contributed by atoms with Gasteiger partial charge in [0.1, 0.15) is 4.53 Å². The van der Waals surface area contributed by atoms with Crippen molar-refractivity contribution < 1.29 is 14.3 Å². The van der Waals surface area contributed by atoms with E-state index in [2.05, 4.69) is 25.8 Å². The topological polar surface area (TPSA) is 81.0 Å². The fraction of sp³-hybridized carbons (Fsp3) is 0.355. The lowest BCUT2D eigenvalue weighted by molar-refractivity contribution is -0.139. The van der Waals surface area contributed by atoms with Crippen LogP contribution in [0.2, 0.25) is 0 Å². The number of ether oxygens (including phenoxy) is 1. The number of aromatic nitrogens is 1. The molecule has 0 aliphatic carbocycles. The predicted octanol–water partition coefficient (Wildman–Crippen LogP) is 4.22. The molecule has 202 valence electrons. The van der Waals surface area contributed by atoms with Gasteiger partial charge in [-0.1, -0.05) is 81.5 Å². The van der Waals surface area contributed by atoms with Crippen LogP contribution in [0.5, 0.6) is 0 Å². The van der Waals surface area contributed by atoms with Gasteiger partial charge in [-0.05, 0) is 42.9 Å². The van der Waals surface area contributed by atoms with Crippen LogP contribution < -0.4 is 19.8 Å². The van der Waals surface area contributed by atoms with Gasteiger partial charge in [0.05, 0.1) is 35.2 Å². The van der Waals surface area contributed by atoms with Crippen molar-refractivity contribution in [2.24, 2.45) is 4.99 Å². The monoisotopic (exact) mass is 543 g/mol. The van der Waals surface area contributed by atoms with Gasteiger partial charge in [-0.2, -0.15) is 0 Å². The molecule has 0 saturated carbocycles. The first-order valence-corrected chi connectivity index (χ1v) is 14.1. The number of para-hydroxylation sites is 1. The number of thiazole rings is 1. The quantitative estimate of drug-likeness (QED) is 0.452. The summed E-state index contributed by atoms with van der Waals surface area (Å²) in [6.45, 7) is 12.7. The molecule has 39 heavy (non-hydrogen) atoms. The van der Waals surface area contributed by atoms with Gasteiger partial charge in [0.2, 0.25) is 0 Å². The van der Waals surface area contributed by atoms with E-state index >= 15 is 0 Å². The van der Waals surface area contributed by atoms with Gasteiger partial charge < -0.3 is 9.64 Å². The van der Waals surface area contributed by atoms with Crippen LogP contribution in [0, 0.1) is 0 Å². The molecule has 0 N–H and O–H groups in total. The van der Waals surface area contributed by atoms with Crippen LogP contribution in [0.1, 0.15) is 70.7 Å². The number of fused-ring (bicyclic) bond motifs is 2. The number of rotatable bonds is 5. The standard InChI is InChI=1S/C31H33N3O4S/c1-7-17-33-22-12-10-9-11-21(22)24(27(33)35)26-28(36)34-25(19-13-15-20(16-14-19)31(4,5)6)23(29(37)38-8-2)18(3)32-30(34)39-26/h9-16,25H,7-8,17H2,1-6H3/b26-24-/t25-/m0/s1. The van der Waals surface area contributed by atoms with Crippen molar-refractivity contribution in [1.82, 2.24) is 4.57 Å². The van der Waals surface area contributed by atoms with Gasteiger partial charge in [-0.25, -0.2) is 9.79 Å². The molecule has 2 aliphatic heterocycles. The zero-order chi connectivity index (χ0) is 28.1. The van der Waals surface area contributed by atoms with Crippen molar-refractivity contribution in [1.29, 1.82) is 0 Å². The van der Waals surface area contributed by atoms with E-state index in [0.29, 0.717) is 32.7 Å². The number of esters is 1. The third-order valence-electron chi connectivity index (χ3n) is 7.18. The minimum atomic E-state index is -0.720. The fourth-order valence-corrected chi connectivity index (χ4v) is 6.40. The molecule has 0 bridgehead atoms. The minimum absolute atomic E-state index is 0.0507. The Balaban J connectivity index is 1.78. The van der Waals surface area contributed by atoms with Crippen LogP contribution in [-0.4, -0.2) is 29.6 Å². The second-order valence-corrected chi connectivity index (χ2v) is 11.8. The number of allylic oxidation sites excluding steroid dienone is 1. The lowest BCUT2D eigenvalue weighted by atomic mass is 9.85. The van der Waals surface area contributed by atoms with Crippen molar-refractivity contribution in [2.45, 2.75) is 59.4 Å². The Morgan fingerprint density at radius 3 is 2.38 bits per heavy atom. The van der Waals surface area contributed by atoms with Crippen LogP contribution in [0.4, 0.5) is 5.69 Å². The predicted molar refractivity (Wildman–Crippen MR) is 154 cm³/mol. The molecule has 5 rings (SSSR count). The minimum Gasteiger partial charge on any atom is -0.463 e. The first kappa shape index (κ1) is 26.8. The van der Waals surface area contributed by atoms with Gasteiger partial charge in [0.15, 0.2) is 4.80 Å². The van der Waals surface area contributed by atoms with Crippen molar-refractivity contribution in [3.63, 3.8) is 0 Å². The molecule has 3 aromatic rings. The molecule has 1 aromatic heterocycles. The highest BCUT2D eigenvalue weighted by Gasteiger charge is 2.37. The second kappa shape index (κ2) is 10.1. The second-order valence-electron chi connectivity index (χ2n) is 10.8. The number of amides is 1. The summed E-state index contributed by atoms with van der Waals surface area (Å²) < 4.78 is 7.30. The molecule has 1 amide bonds. The summed E-state index contributed by atoms with van der Waals surface area (Å²) in [5.41, 5.74) is 4.31. The number of anilines is 1. The van der Waals surface area contributed by atoms with Gasteiger partial charge >= 0.3 is 5.97 Å². The molecule has 0 saturated heterocycles. The number of hydrogen-bond acceptors (Lipinski definition) is 6. The van der Waals surface area contributed by atoms with E-state index < -0.39 is 12.0 Å². The zero-order valence-corrected chi connectivity index (χ0v) is 24.0. The highest BCUT2D eigenvalue weighted by Crippen LogP contribution is 2.36. The molecule has 0 spiro atoms. The largest absolute Gasteiger partial charge is 0.463 e. The molecular formula is C31H33N3O4S. The molecule has 2 aliphatic rings. The summed E-state index contributed by atoms with van der Waals surface area (Å²) in [5, 5.41) is 0. The molecule has 1 atom stereocenters. The summed E-state index contributed by atoms with van der Waals surface area (Å²) in [5.74, 6) is -0.686. The first-order chi connectivity index (χ1) is 18.6. The number of carbonyl (C=O) groups excluding carboxylic acids is 2. The smallest absolute Gasteiger partial charge is 0.338 e. The molecule has 2 aromatic carbocycles. The molecule has 3 heterocycles. The van der Waals surface area contributed by atoms with Crippen LogP contribution in [0.3, 0.4) is 0 Å². The molecular weight excluding hydrogens is 510 g/mol. The molecule has 0 unspecified atom stereocenters. The Labute approximate surface area is 231 Å². The Bertz CT molecular complexity index is 1690. The maximum atomic E-state index is 14.2. The van der Waals surface area contributed by atoms with Crippen LogP contribution in [0.15, 0.2) is 69.6 Å². The summed E-state index contributed by atoms with van der Waals surface area (Å²) in [7, 11) is 0. The lowest BCUT2D eigenvalue weighted by Gasteiger charge is -2.26. The van der Waals surface area contributed by atoms with Gasteiger partial charge in [0.25, 0.3) is 11.5 Å². The normalized spacial score (nSPS) is 18.2. The summed E-state index contributed by atoms with van der Waals surface area (Å²) in [6, 6.07) is 14.8. The third-order valence-corrected chi connectivity index (χ3v) is 8.24. The van der Waals surface area contributed by atoms with Crippen LogP contribution in [-0.2, 0) is 19.7 Å². The summed E-state index contributed by atoms with van der Waals surface area (Å²) >= 11 is 1.20. The van der Waals surface area contributed by atoms with Crippen molar-refractivity contribution in [3.8, 4) is 0 Å². The van der Waals surface area contributed by atoms with Crippen LogP contribution >= 0.6 is 11.3 Å². The average molecular weight is 544 g/mol. The van der Waals surface area contributed by atoms with Gasteiger partial charge in [0, 0.05) is 12.1 Å². The van der Waals surface area contributed by atoms with Crippen molar-refractivity contribution in [2.75, 3.05) is 18.1 Å². The Kier molecular flexibility index (Phi) is 6.93. The van der Waals surface area contributed by atoms with E-state index in [9.17, 15) is 14.4 Å². The highest BCUT2D eigenvalue weighted by molar-refractivity contribution is 7.07. The Morgan fingerprint density at radius 1 is 1.05 bits per heavy atom. The maximum absolute atomic E-state index is 14.2. The van der Waals surface area contributed by atoms with Gasteiger partial charge in [-0.15, -0.1) is 0 Å². The maximum Gasteiger partial charge on any atom is 0.338 e. The third kappa shape index (κ3) is 4.46. The molecule has 0 radical (unpaired) electrons. The lowest BCUT2D eigenvalue weighted by Crippen LogP contribution is -2.41. The summed E-state index contributed by atoms with van der Waals surface area (Å²) in [4.78, 5) is 47.9. The number of nitrogens with zero attached hydrogens (tertiary/aromatic N) is 3. The van der Waals surface area contributed by atoms with E-state index in [1.54, 1.807) is 23.3 Å². The van der Waals surface area contributed by atoms with E-state index in [0.717, 1.165) is 28.8 Å². The molecule has 7 nitrogen and oxygen atoms in total. The zero-order valence-electron chi connectivity index (χ0n) is 23.2. The number of benzene rings is 2. The fourth-order valence-electron chi connectivity index (χ4n) is 5.27. The molecule has 0 fully saturated rings. The average Bonchev–Trinajstić information content (AvgIpc) is 3.36. The number of carbonyl (C=O) groups is 2. The first-order valence-electron chi connectivity index (χ1n) is 13.3. The SMILES string of the molecule is CCCN1C(=O)/C(=c2\sc3n(c2=O)[C@@H](c2ccc(C(C)(C)C)cc2)C(C(=O)OCC)=C(C)N=3)c2ccccc21. The summed E-state index contributed by atoms with van der Waals surface area (Å²) in [6.07, 6.45) is 0.793. The van der Waals surface area contributed by atoms with E-state index in [-0.39, 0.29) is 23.5 Å². The number of hydrogen-bond donors (Lipinski definition) is 0. The Hall–Kier alpha value is -3.78.